The number of amides is 2. The van der Waals surface area contributed by atoms with Crippen molar-refractivity contribution in [3.8, 4) is 0 Å². The summed E-state index contributed by atoms with van der Waals surface area (Å²) in [6, 6.07) is 13.0. The van der Waals surface area contributed by atoms with Gasteiger partial charge in [-0.05, 0) is 61.4 Å². The van der Waals surface area contributed by atoms with Crippen molar-refractivity contribution in [2.75, 3.05) is 17.7 Å². The van der Waals surface area contributed by atoms with Crippen molar-refractivity contribution >= 4 is 34.2 Å². The quantitative estimate of drug-likeness (QED) is 0.312. The number of H-pyrrole nitrogens is 1. The number of fused-ring (bicyclic) bond motifs is 1. The Bertz CT molecular complexity index is 1440. The van der Waals surface area contributed by atoms with Crippen molar-refractivity contribution in [3.63, 3.8) is 0 Å². The average Bonchev–Trinajstić information content (AvgIpc) is 3.19. The predicted octanol–water partition coefficient (Wildman–Crippen LogP) is 5.85. The van der Waals surface area contributed by atoms with E-state index in [1.807, 2.05) is 32.0 Å². The molecule has 7 nitrogen and oxygen atoms in total. The molecule has 1 heterocycles. The van der Waals surface area contributed by atoms with Gasteiger partial charge in [-0.1, -0.05) is 18.2 Å². The van der Waals surface area contributed by atoms with Gasteiger partial charge in [0.05, 0.1) is 22.2 Å². The predicted molar refractivity (Wildman–Crippen MR) is 130 cm³/mol. The van der Waals surface area contributed by atoms with Crippen LogP contribution in [0.5, 0.6) is 0 Å². The van der Waals surface area contributed by atoms with Crippen LogP contribution in [-0.4, -0.2) is 28.9 Å². The summed E-state index contributed by atoms with van der Waals surface area (Å²) in [6.07, 6.45) is -4.70. The third kappa shape index (κ3) is 5.38. The number of carbonyl (C=O) groups excluding carboxylic acids is 2. The molecule has 0 aliphatic heterocycles. The first kappa shape index (κ1) is 24.9. The van der Waals surface area contributed by atoms with Crippen LogP contribution >= 0.6 is 0 Å². The molecule has 3 aromatic carbocycles. The van der Waals surface area contributed by atoms with Gasteiger partial charge in [-0.15, -0.1) is 0 Å². The number of imidazole rings is 1. The molecule has 0 spiro atoms. The van der Waals surface area contributed by atoms with Gasteiger partial charge < -0.3 is 20.4 Å². The van der Waals surface area contributed by atoms with Crippen LogP contribution in [-0.2, 0) is 17.5 Å². The number of carbonyl (C=O) groups is 2. The van der Waals surface area contributed by atoms with E-state index in [0.29, 0.717) is 22.5 Å². The Morgan fingerprint density at radius 2 is 1.53 bits per heavy atom. The Balaban J connectivity index is 1.73. The third-order valence-electron chi connectivity index (χ3n) is 5.38. The Hall–Kier alpha value is -4.18. The minimum absolute atomic E-state index is 0.127. The Morgan fingerprint density at radius 3 is 2.17 bits per heavy atom. The van der Waals surface area contributed by atoms with E-state index in [2.05, 4.69) is 20.6 Å². The number of methoxy groups -OCH3 is 1. The van der Waals surface area contributed by atoms with Gasteiger partial charge in [0, 0.05) is 18.5 Å². The molecule has 0 fully saturated rings. The van der Waals surface area contributed by atoms with Gasteiger partial charge in [0.15, 0.2) is 0 Å². The lowest BCUT2D eigenvalue weighted by molar-refractivity contribution is -0.137. The van der Waals surface area contributed by atoms with Crippen LogP contribution in [0.3, 0.4) is 0 Å². The lowest BCUT2D eigenvalue weighted by Gasteiger charge is -2.13. The van der Waals surface area contributed by atoms with Crippen LogP contribution in [0.2, 0.25) is 0 Å². The molecule has 0 radical (unpaired) electrons. The van der Waals surface area contributed by atoms with E-state index in [-0.39, 0.29) is 17.9 Å². The molecule has 0 saturated heterocycles. The van der Waals surface area contributed by atoms with E-state index in [9.17, 15) is 22.8 Å². The topological polar surface area (TPSA) is 96.1 Å². The van der Waals surface area contributed by atoms with Gasteiger partial charge in [0.2, 0.25) is 0 Å². The van der Waals surface area contributed by atoms with Gasteiger partial charge in [-0.25, -0.2) is 4.98 Å². The zero-order valence-corrected chi connectivity index (χ0v) is 19.7. The molecule has 36 heavy (non-hydrogen) atoms. The Labute approximate surface area is 204 Å². The number of alkyl halides is 3. The summed E-state index contributed by atoms with van der Waals surface area (Å²) < 4.78 is 45.3. The van der Waals surface area contributed by atoms with Crippen molar-refractivity contribution in [2.45, 2.75) is 26.6 Å². The van der Waals surface area contributed by atoms with Crippen molar-refractivity contribution in [2.24, 2.45) is 0 Å². The molecule has 2 amide bonds. The zero-order valence-electron chi connectivity index (χ0n) is 19.7. The van der Waals surface area contributed by atoms with Crippen LogP contribution in [0.15, 0.2) is 54.6 Å². The fraction of sp³-hybridized carbons (Fsp3) is 0.192. The number of rotatable bonds is 6. The second-order valence-corrected chi connectivity index (χ2v) is 8.36. The number of aryl methyl sites for hydroxylation is 2. The van der Waals surface area contributed by atoms with Crippen LogP contribution < -0.4 is 10.6 Å². The number of hydrogen-bond donors (Lipinski definition) is 3. The third-order valence-corrected chi connectivity index (χ3v) is 5.38. The summed E-state index contributed by atoms with van der Waals surface area (Å²) in [5.74, 6) is -1.01. The number of hydrogen-bond acceptors (Lipinski definition) is 4. The number of aromatic amines is 1. The van der Waals surface area contributed by atoms with Crippen LogP contribution in [0.4, 0.5) is 24.5 Å². The molecule has 0 aliphatic carbocycles. The summed E-state index contributed by atoms with van der Waals surface area (Å²) in [4.78, 5) is 33.5. The summed E-state index contributed by atoms with van der Waals surface area (Å²) in [6.45, 7) is 3.95. The maximum atomic E-state index is 13.4. The maximum absolute atomic E-state index is 13.4. The van der Waals surface area contributed by atoms with Crippen LogP contribution in [0, 0.1) is 13.8 Å². The lowest BCUT2D eigenvalue weighted by Crippen LogP contribution is -2.19. The average molecular weight is 496 g/mol. The normalized spacial score (nSPS) is 11.5. The second-order valence-electron chi connectivity index (χ2n) is 8.36. The van der Waals surface area contributed by atoms with Crippen molar-refractivity contribution in [1.82, 2.24) is 9.97 Å². The van der Waals surface area contributed by atoms with Crippen molar-refractivity contribution in [1.29, 1.82) is 0 Å². The van der Waals surface area contributed by atoms with E-state index >= 15 is 0 Å². The fourth-order valence-corrected chi connectivity index (χ4v) is 3.99. The van der Waals surface area contributed by atoms with Gasteiger partial charge >= 0.3 is 6.18 Å². The minimum Gasteiger partial charge on any atom is -0.377 e. The molecule has 186 valence electrons. The number of nitrogens with zero attached hydrogens (tertiary/aromatic N) is 1. The number of benzene rings is 3. The molecular formula is C26H23F3N4O3. The minimum atomic E-state index is -4.70. The maximum Gasteiger partial charge on any atom is 0.417 e. The number of halogens is 3. The molecule has 0 saturated carbocycles. The van der Waals surface area contributed by atoms with E-state index in [4.69, 9.17) is 4.74 Å². The highest BCUT2D eigenvalue weighted by Crippen LogP contribution is 2.32. The highest BCUT2D eigenvalue weighted by Gasteiger charge is 2.35. The Kier molecular flexibility index (Phi) is 6.80. The smallest absolute Gasteiger partial charge is 0.377 e. The SMILES string of the molecule is COCc1nc2c(C(=O)Nc3cc(C)cc(C)c3)cc(NC(=O)c3ccccc3C(F)(F)F)cc2[nH]1. The van der Waals surface area contributed by atoms with E-state index in [1.165, 1.54) is 31.4 Å². The summed E-state index contributed by atoms with van der Waals surface area (Å²) in [5, 5.41) is 5.31. The largest absolute Gasteiger partial charge is 0.417 e. The van der Waals surface area contributed by atoms with Crippen molar-refractivity contribution < 1.29 is 27.5 Å². The molecule has 1 aromatic heterocycles. The summed E-state index contributed by atoms with van der Waals surface area (Å²) in [7, 11) is 1.49. The lowest BCUT2D eigenvalue weighted by atomic mass is 10.1. The van der Waals surface area contributed by atoms with Crippen LogP contribution in [0.25, 0.3) is 11.0 Å². The second kappa shape index (κ2) is 9.82. The van der Waals surface area contributed by atoms with E-state index in [1.54, 1.807) is 0 Å². The molecule has 0 bridgehead atoms. The van der Waals surface area contributed by atoms with Gasteiger partial charge in [0.1, 0.15) is 17.9 Å². The van der Waals surface area contributed by atoms with Gasteiger partial charge in [0.25, 0.3) is 11.8 Å². The number of anilines is 2. The molecular weight excluding hydrogens is 473 g/mol. The summed E-state index contributed by atoms with van der Waals surface area (Å²) >= 11 is 0. The van der Waals surface area contributed by atoms with Gasteiger partial charge in [-0.3, -0.25) is 9.59 Å². The molecule has 0 unspecified atom stereocenters. The molecule has 0 aliphatic rings. The number of ether oxygens (including phenoxy) is 1. The zero-order chi connectivity index (χ0) is 26.0. The first-order chi connectivity index (χ1) is 17.0. The number of nitrogens with one attached hydrogen (secondary N) is 3. The molecule has 0 atom stereocenters. The summed E-state index contributed by atoms with van der Waals surface area (Å²) in [5.41, 5.74) is 1.91. The molecule has 4 rings (SSSR count). The van der Waals surface area contributed by atoms with Crippen LogP contribution in [0.1, 0.15) is 43.2 Å². The van der Waals surface area contributed by atoms with E-state index < -0.39 is 29.1 Å². The number of aromatic nitrogens is 2. The monoisotopic (exact) mass is 496 g/mol. The first-order valence-electron chi connectivity index (χ1n) is 10.9. The Morgan fingerprint density at radius 1 is 0.917 bits per heavy atom. The van der Waals surface area contributed by atoms with Crippen molar-refractivity contribution in [3.05, 3.63) is 88.2 Å². The highest BCUT2D eigenvalue weighted by atomic mass is 19.4. The standard InChI is InChI=1S/C26H23F3N4O3/c1-14-8-15(2)10-16(9-14)30-25(35)19-11-17(12-21-23(19)33-22(32-21)13-36-3)31-24(34)18-6-4-5-7-20(18)26(27,28)29/h4-12H,13H2,1-3H3,(H,30,35)(H,31,34)(H,32,33). The van der Waals surface area contributed by atoms with Gasteiger partial charge in [-0.2, -0.15) is 13.2 Å². The fourth-order valence-electron chi connectivity index (χ4n) is 3.99. The highest BCUT2D eigenvalue weighted by molar-refractivity contribution is 6.14. The molecule has 10 heteroatoms. The first-order valence-corrected chi connectivity index (χ1v) is 10.9. The molecule has 4 aromatic rings. The van der Waals surface area contributed by atoms with E-state index in [0.717, 1.165) is 23.3 Å². The molecule has 3 N–H and O–H groups in total.